The molecule has 5 heteroatoms. The van der Waals surface area contributed by atoms with Crippen LogP contribution in [-0.4, -0.2) is 28.1 Å². The Hall–Kier alpha value is -2.79. The average Bonchev–Trinajstić information content (AvgIpc) is 3.42. The predicted octanol–water partition coefficient (Wildman–Crippen LogP) is 4.22. The fraction of sp³-hybridized carbons (Fsp3) is 0.348. The quantitative estimate of drug-likeness (QED) is 0.727. The first kappa shape index (κ1) is 17.3. The normalized spacial score (nSPS) is 20.9. The van der Waals surface area contributed by atoms with Crippen molar-refractivity contribution in [3.63, 3.8) is 0 Å². The molecule has 2 aliphatic rings. The van der Waals surface area contributed by atoms with Crippen LogP contribution in [0.15, 0.2) is 54.9 Å². The Balaban J connectivity index is 1.39. The summed E-state index contributed by atoms with van der Waals surface area (Å²) in [6, 6.07) is 14.5. The number of ether oxygens (including phenoxy) is 1. The molecule has 2 aromatic heterocycles. The van der Waals surface area contributed by atoms with Crippen LogP contribution in [-0.2, 0) is 17.6 Å². The molecule has 3 aromatic rings. The van der Waals surface area contributed by atoms with Crippen LogP contribution in [0.25, 0.3) is 11.4 Å². The van der Waals surface area contributed by atoms with Gasteiger partial charge in [-0.05, 0) is 43.4 Å². The number of fused-ring (bicyclic) bond motifs is 1. The van der Waals surface area contributed by atoms with Crippen molar-refractivity contribution in [2.75, 3.05) is 18.5 Å². The molecule has 2 atom stereocenters. The minimum absolute atomic E-state index is 0.156. The van der Waals surface area contributed by atoms with Gasteiger partial charge in [-0.1, -0.05) is 30.3 Å². The molecule has 3 heterocycles. The zero-order chi connectivity index (χ0) is 18.8. The van der Waals surface area contributed by atoms with Gasteiger partial charge in [-0.25, -0.2) is 9.97 Å². The Labute approximate surface area is 165 Å². The van der Waals surface area contributed by atoms with E-state index in [1.165, 1.54) is 16.8 Å². The SMILES string of the molecule is c1ccc(C2OCCC2CNc2nc(-c3ccncc3)nc3c2CCC3)cc1. The second-order valence-electron chi connectivity index (χ2n) is 7.54. The van der Waals surface area contributed by atoms with E-state index in [4.69, 9.17) is 14.7 Å². The van der Waals surface area contributed by atoms with Crippen LogP contribution in [0.3, 0.4) is 0 Å². The van der Waals surface area contributed by atoms with Crippen LogP contribution < -0.4 is 5.32 Å². The Kier molecular flexibility index (Phi) is 4.75. The molecule has 1 aliphatic heterocycles. The highest BCUT2D eigenvalue weighted by molar-refractivity contribution is 5.60. The lowest BCUT2D eigenvalue weighted by Crippen LogP contribution is -2.19. The standard InChI is InChI=1S/C23H24N4O/c1-2-5-16(6-3-1)21-18(11-14-28-21)15-25-23-19-7-4-8-20(19)26-22(27-23)17-9-12-24-13-10-17/h1-3,5-6,9-10,12-13,18,21H,4,7-8,11,14-15H2,(H,25,26,27). The monoisotopic (exact) mass is 372 g/mol. The molecule has 1 N–H and O–H groups in total. The second-order valence-corrected chi connectivity index (χ2v) is 7.54. The second kappa shape index (κ2) is 7.68. The van der Waals surface area contributed by atoms with Crippen molar-refractivity contribution < 1.29 is 4.74 Å². The molecule has 28 heavy (non-hydrogen) atoms. The molecule has 5 nitrogen and oxygen atoms in total. The van der Waals surface area contributed by atoms with E-state index in [2.05, 4.69) is 40.6 Å². The van der Waals surface area contributed by atoms with E-state index < -0.39 is 0 Å². The van der Waals surface area contributed by atoms with Crippen molar-refractivity contribution in [3.05, 3.63) is 71.7 Å². The Morgan fingerprint density at radius 3 is 2.71 bits per heavy atom. The number of nitrogens with one attached hydrogen (secondary N) is 1. The molecule has 1 fully saturated rings. The summed E-state index contributed by atoms with van der Waals surface area (Å²) in [4.78, 5) is 13.8. The van der Waals surface area contributed by atoms with Crippen LogP contribution in [0.4, 0.5) is 5.82 Å². The first-order valence-corrected chi connectivity index (χ1v) is 10.1. The molecule has 0 saturated carbocycles. The van der Waals surface area contributed by atoms with Crippen molar-refractivity contribution in [2.45, 2.75) is 31.8 Å². The van der Waals surface area contributed by atoms with E-state index in [1.807, 2.05) is 12.1 Å². The van der Waals surface area contributed by atoms with Crippen molar-refractivity contribution in [3.8, 4) is 11.4 Å². The Morgan fingerprint density at radius 2 is 1.86 bits per heavy atom. The van der Waals surface area contributed by atoms with E-state index in [1.54, 1.807) is 12.4 Å². The molecular formula is C23H24N4O. The highest BCUT2D eigenvalue weighted by Gasteiger charge is 2.30. The lowest BCUT2D eigenvalue weighted by atomic mass is 9.95. The predicted molar refractivity (Wildman–Crippen MR) is 109 cm³/mol. The maximum absolute atomic E-state index is 6.05. The fourth-order valence-corrected chi connectivity index (χ4v) is 4.29. The largest absolute Gasteiger partial charge is 0.373 e. The third-order valence-electron chi connectivity index (χ3n) is 5.75. The van der Waals surface area contributed by atoms with Gasteiger partial charge in [0.25, 0.3) is 0 Å². The van der Waals surface area contributed by atoms with E-state index in [0.29, 0.717) is 5.92 Å². The van der Waals surface area contributed by atoms with Crippen molar-refractivity contribution in [1.29, 1.82) is 0 Å². The Morgan fingerprint density at radius 1 is 1.00 bits per heavy atom. The minimum Gasteiger partial charge on any atom is -0.373 e. The molecule has 1 saturated heterocycles. The van der Waals surface area contributed by atoms with E-state index in [9.17, 15) is 0 Å². The van der Waals surface area contributed by atoms with E-state index in [0.717, 1.165) is 56.0 Å². The molecule has 0 spiro atoms. The van der Waals surface area contributed by atoms with Gasteiger partial charge in [-0.3, -0.25) is 4.98 Å². The molecule has 2 unspecified atom stereocenters. The summed E-state index contributed by atoms with van der Waals surface area (Å²) in [5.74, 6) is 2.22. The summed E-state index contributed by atoms with van der Waals surface area (Å²) in [5, 5.41) is 3.65. The number of aromatic nitrogens is 3. The number of hydrogen-bond acceptors (Lipinski definition) is 5. The summed E-state index contributed by atoms with van der Waals surface area (Å²) >= 11 is 0. The number of anilines is 1. The van der Waals surface area contributed by atoms with Gasteiger partial charge in [0.2, 0.25) is 0 Å². The summed E-state index contributed by atoms with van der Waals surface area (Å²) in [5.41, 5.74) is 4.75. The van der Waals surface area contributed by atoms with E-state index in [-0.39, 0.29) is 6.10 Å². The number of benzene rings is 1. The third-order valence-corrected chi connectivity index (χ3v) is 5.75. The highest BCUT2D eigenvalue weighted by Crippen LogP contribution is 2.35. The molecule has 0 amide bonds. The lowest BCUT2D eigenvalue weighted by molar-refractivity contribution is 0.0933. The summed E-state index contributed by atoms with van der Waals surface area (Å²) in [6.07, 6.45) is 8.04. The van der Waals surface area contributed by atoms with Crippen LogP contribution in [0.5, 0.6) is 0 Å². The number of nitrogens with zero attached hydrogens (tertiary/aromatic N) is 3. The maximum Gasteiger partial charge on any atom is 0.161 e. The van der Waals surface area contributed by atoms with Gasteiger partial charge < -0.3 is 10.1 Å². The summed E-state index contributed by atoms with van der Waals surface area (Å²) < 4.78 is 6.05. The van der Waals surface area contributed by atoms with Gasteiger partial charge in [0.05, 0.1) is 6.10 Å². The van der Waals surface area contributed by atoms with Crippen LogP contribution in [0, 0.1) is 5.92 Å². The molecule has 5 rings (SSSR count). The summed E-state index contributed by atoms with van der Waals surface area (Å²) in [7, 11) is 0. The number of pyridine rings is 1. The molecule has 1 aromatic carbocycles. The Bertz CT molecular complexity index is 946. The van der Waals surface area contributed by atoms with Crippen molar-refractivity contribution in [2.24, 2.45) is 5.92 Å². The highest BCUT2D eigenvalue weighted by atomic mass is 16.5. The van der Waals surface area contributed by atoms with Crippen LogP contribution >= 0.6 is 0 Å². The topological polar surface area (TPSA) is 59.9 Å². The maximum atomic E-state index is 6.05. The molecule has 1 aliphatic carbocycles. The van der Waals surface area contributed by atoms with Crippen molar-refractivity contribution in [1.82, 2.24) is 15.0 Å². The van der Waals surface area contributed by atoms with Gasteiger partial charge in [-0.2, -0.15) is 0 Å². The number of hydrogen-bond donors (Lipinski definition) is 1. The average molecular weight is 372 g/mol. The smallest absolute Gasteiger partial charge is 0.161 e. The lowest BCUT2D eigenvalue weighted by Gasteiger charge is -2.20. The first-order valence-electron chi connectivity index (χ1n) is 10.1. The third kappa shape index (κ3) is 3.38. The van der Waals surface area contributed by atoms with Crippen LogP contribution in [0.1, 0.15) is 35.8 Å². The van der Waals surface area contributed by atoms with Gasteiger partial charge >= 0.3 is 0 Å². The van der Waals surface area contributed by atoms with Gasteiger partial charge in [0, 0.05) is 48.3 Å². The number of aryl methyl sites for hydroxylation is 1. The van der Waals surface area contributed by atoms with Crippen LogP contribution in [0.2, 0.25) is 0 Å². The van der Waals surface area contributed by atoms with Gasteiger partial charge in [0.15, 0.2) is 5.82 Å². The first-order chi connectivity index (χ1) is 13.9. The molecule has 142 valence electrons. The number of rotatable bonds is 5. The van der Waals surface area contributed by atoms with Gasteiger partial charge in [0.1, 0.15) is 5.82 Å². The molecule has 0 radical (unpaired) electrons. The van der Waals surface area contributed by atoms with Crippen molar-refractivity contribution >= 4 is 5.82 Å². The van der Waals surface area contributed by atoms with Gasteiger partial charge in [-0.15, -0.1) is 0 Å². The zero-order valence-corrected chi connectivity index (χ0v) is 15.8. The molecule has 0 bridgehead atoms. The summed E-state index contributed by atoms with van der Waals surface area (Å²) in [6.45, 7) is 1.68. The zero-order valence-electron chi connectivity index (χ0n) is 15.8. The fourth-order valence-electron chi connectivity index (χ4n) is 4.29. The van der Waals surface area contributed by atoms with E-state index >= 15 is 0 Å². The minimum atomic E-state index is 0.156. The molecular weight excluding hydrogens is 348 g/mol.